The molecule has 2 aromatic heterocycles. The lowest BCUT2D eigenvalue weighted by molar-refractivity contribution is -0.142. The molecule has 4 rings (SSSR count). The van der Waals surface area contributed by atoms with Crippen LogP contribution in [0.25, 0.3) is 5.65 Å². The van der Waals surface area contributed by atoms with E-state index >= 15 is 0 Å². The molecule has 0 aliphatic carbocycles. The summed E-state index contributed by atoms with van der Waals surface area (Å²) in [5.74, 6) is -1.53. The predicted octanol–water partition coefficient (Wildman–Crippen LogP) is 2.99. The highest BCUT2D eigenvalue weighted by Crippen LogP contribution is 2.37. The molecule has 0 saturated carbocycles. The van der Waals surface area contributed by atoms with Crippen molar-refractivity contribution in [3.05, 3.63) is 59.2 Å². The quantitative estimate of drug-likeness (QED) is 0.512. The molecule has 0 bridgehead atoms. The van der Waals surface area contributed by atoms with E-state index in [0.717, 1.165) is 16.4 Å². The number of aromatic nitrogens is 3. The summed E-state index contributed by atoms with van der Waals surface area (Å²) >= 11 is 0. The number of anilines is 1. The van der Waals surface area contributed by atoms with Gasteiger partial charge >= 0.3 is 12.4 Å². The molecule has 3 N–H and O–H groups in total. The van der Waals surface area contributed by atoms with Crippen LogP contribution < -0.4 is 10.5 Å². The summed E-state index contributed by atoms with van der Waals surface area (Å²) in [5.41, 5.74) is -3.09. The third-order valence-corrected chi connectivity index (χ3v) is 6.41. The van der Waals surface area contributed by atoms with Crippen molar-refractivity contribution in [2.45, 2.75) is 24.3 Å². The van der Waals surface area contributed by atoms with Crippen molar-refractivity contribution in [3.8, 4) is 0 Å². The summed E-state index contributed by atoms with van der Waals surface area (Å²) in [6.45, 7) is -0.410. The third-order valence-electron chi connectivity index (χ3n) is 5.34. The van der Waals surface area contributed by atoms with E-state index in [9.17, 15) is 39.2 Å². The van der Waals surface area contributed by atoms with Gasteiger partial charge in [0.2, 0.25) is 0 Å². The normalized spacial score (nSPS) is 19.9. The monoisotopic (exact) mass is 512 g/mol. The number of fused-ring (bicyclic) bond motifs is 1. The molecule has 3 heterocycles. The molecular formula is C18H15F7N6O2S. The number of nitrogens with zero attached hydrogens (tertiary/aromatic N) is 4. The van der Waals surface area contributed by atoms with Gasteiger partial charge in [-0.3, -0.25) is 0 Å². The summed E-state index contributed by atoms with van der Waals surface area (Å²) in [6.07, 6.45) is -9.91. The maximum atomic E-state index is 13.3. The van der Waals surface area contributed by atoms with Gasteiger partial charge in [0.05, 0.1) is 6.04 Å². The van der Waals surface area contributed by atoms with E-state index < -0.39 is 63.2 Å². The van der Waals surface area contributed by atoms with Gasteiger partial charge in [-0.25, -0.2) is 14.5 Å². The number of hydrogen-bond acceptors (Lipinski definition) is 5. The zero-order valence-electron chi connectivity index (χ0n) is 16.8. The molecule has 3 aromatic rings. The lowest BCUT2D eigenvalue weighted by atomic mass is 9.85. The highest BCUT2D eigenvalue weighted by atomic mass is 32.2. The van der Waals surface area contributed by atoms with Crippen molar-refractivity contribution in [3.63, 3.8) is 0 Å². The van der Waals surface area contributed by atoms with Crippen molar-refractivity contribution in [1.82, 2.24) is 18.9 Å². The largest absolute Gasteiger partial charge is 0.435 e. The fraction of sp³-hybridized carbons (Fsp3) is 0.333. The summed E-state index contributed by atoms with van der Waals surface area (Å²) < 4.78 is 117. The van der Waals surface area contributed by atoms with Crippen molar-refractivity contribution in [1.29, 1.82) is 0 Å². The molecule has 2 atom stereocenters. The number of benzene rings is 1. The molecule has 1 saturated heterocycles. The molecule has 0 radical (unpaired) electrons. The molecule has 1 fully saturated rings. The zero-order valence-corrected chi connectivity index (χ0v) is 17.6. The zero-order chi connectivity index (χ0) is 25.1. The molecule has 16 heteroatoms. The van der Waals surface area contributed by atoms with Gasteiger partial charge in [0.25, 0.3) is 10.2 Å². The second kappa shape index (κ2) is 8.06. The molecule has 34 heavy (non-hydrogen) atoms. The Labute approximate surface area is 187 Å². The van der Waals surface area contributed by atoms with E-state index in [2.05, 4.69) is 15.4 Å². The van der Waals surface area contributed by atoms with Crippen LogP contribution in [-0.2, 0) is 22.6 Å². The van der Waals surface area contributed by atoms with E-state index in [1.807, 2.05) is 0 Å². The van der Waals surface area contributed by atoms with Crippen LogP contribution in [0.4, 0.5) is 36.6 Å². The number of rotatable bonds is 5. The van der Waals surface area contributed by atoms with E-state index in [1.54, 1.807) is 0 Å². The predicted molar refractivity (Wildman–Crippen MR) is 104 cm³/mol. The third kappa shape index (κ3) is 4.65. The van der Waals surface area contributed by atoms with Crippen LogP contribution in [0.5, 0.6) is 0 Å². The van der Waals surface area contributed by atoms with Crippen LogP contribution in [-0.4, -0.2) is 46.5 Å². The Morgan fingerprint density at radius 3 is 2.21 bits per heavy atom. The molecule has 2 unspecified atom stereocenters. The van der Waals surface area contributed by atoms with Crippen molar-refractivity contribution < 1.29 is 39.2 Å². The number of alkyl halides is 6. The molecule has 1 aliphatic rings. The SMILES string of the molecule is NS(=O)(=O)N1CC(c2ccc(F)cc2)C1CNc1cc(C(F)(F)F)nc2cc(C(F)(F)F)nn12. The molecule has 0 spiro atoms. The van der Waals surface area contributed by atoms with E-state index in [1.165, 1.54) is 12.1 Å². The molecular weight excluding hydrogens is 497 g/mol. The smallest absolute Gasteiger partial charge is 0.368 e. The Balaban J connectivity index is 1.69. The Bertz CT molecular complexity index is 1320. The van der Waals surface area contributed by atoms with E-state index in [0.29, 0.717) is 22.2 Å². The fourth-order valence-electron chi connectivity index (χ4n) is 3.68. The van der Waals surface area contributed by atoms with Crippen LogP contribution >= 0.6 is 0 Å². The minimum Gasteiger partial charge on any atom is -0.368 e. The first-order chi connectivity index (χ1) is 15.6. The summed E-state index contributed by atoms with van der Waals surface area (Å²) in [5, 5.41) is 11.0. The van der Waals surface area contributed by atoms with Crippen molar-refractivity contribution in [2.24, 2.45) is 5.14 Å². The maximum Gasteiger partial charge on any atom is 0.435 e. The number of hydrogen-bond donors (Lipinski definition) is 2. The lowest BCUT2D eigenvalue weighted by Gasteiger charge is -2.46. The topological polar surface area (TPSA) is 106 Å². The van der Waals surface area contributed by atoms with Crippen LogP contribution in [0.1, 0.15) is 22.9 Å². The van der Waals surface area contributed by atoms with E-state index in [-0.39, 0.29) is 13.1 Å². The summed E-state index contributed by atoms with van der Waals surface area (Å²) in [4.78, 5) is 3.20. The van der Waals surface area contributed by atoms with Crippen molar-refractivity contribution >= 4 is 21.7 Å². The highest BCUT2D eigenvalue weighted by molar-refractivity contribution is 7.86. The summed E-state index contributed by atoms with van der Waals surface area (Å²) in [7, 11) is -4.20. The van der Waals surface area contributed by atoms with Gasteiger partial charge in [0, 0.05) is 31.1 Å². The Hall–Kier alpha value is -2.98. The summed E-state index contributed by atoms with van der Waals surface area (Å²) in [6, 6.07) is 5.06. The number of halogens is 7. The second-order valence-electron chi connectivity index (χ2n) is 7.54. The van der Waals surface area contributed by atoms with Gasteiger partial charge in [-0.05, 0) is 17.7 Å². The molecule has 1 aromatic carbocycles. The second-order valence-corrected chi connectivity index (χ2v) is 9.04. The standard InChI is InChI=1S/C18H15F7N6O2S/c19-10-3-1-9(2-4-10)11-8-30(34(26,32)33)12(11)7-27-15-5-13(17(20,21)22)28-16-6-14(18(23,24)25)29-31(15)16/h1-6,11-12,27H,7-8H2,(H2,26,32,33). The van der Waals surface area contributed by atoms with E-state index in [4.69, 9.17) is 5.14 Å². The first-order valence-electron chi connectivity index (χ1n) is 9.49. The minimum absolute atomic E-state index is 0.0731. The van der Waals surface area contributed by atoms with Crippen LogP contribution in [0.15, 0.2) is 36.4 Å². The Kier molecular flexibility index (Phi) is 5.72. The van der Waals surface area contributed by atoms with Gasteiger partial charge in [0.15, 0.2) is 17.0 Å². The van der Waals surface area contributed by atoms with Gasteiger partial charge in [0.1, 0.15) is 11.6 Å². The first-order valence-corrected chi connectivity index (χ1v) is 11.0. The molecule has 0 amide bonds. The lowest BCUT2D eigenvalue weighted by Crippen LogP contribution is -2.61. The molecule has 1 aliphatic heterocycles. The van der Waals surface area contributed by atoms with Gasteiger partial charge in [-0.1, -0.05) is 12.1 Å². The average Bonchev–Trinajstić information content (AvgIpc) is 3.12. The first kappa shape index (κ1) is 24.2. The van der Waals surface area contributed by atoms with Crippen LogP contribution in [0, 0.1) is 5.82 Å². The maximum absolute atomic E-state index is 13.3. The number of nitrogens with two attached hydrogens (primary N) is 1. The van der Waals surface area contributed by atoms with Gasteiger partial charge in [-0.2, -0.15) is 48.7 Å². The minimum atomic E-state index is -4.97. The Morgan fingerprint density at radius 1 is 1.03 bits per heavy atom. The highest BCUT2D eigenvalue weighted by Gasteiger charge is 2.45. The Morgan fingerprint density at radius 2 is 1.65 bits per heavy atom. The van der Waals surface area contributed by atoms with Gasteiger partial charge in [-0.15, -0.1) is 0 Å². The fourth-order valence-corrected chi connectivity index (χ4v) is 4.65. The number of nitrogens with one attached hydrogen (secondary N) is 1. The molecule has 8 nitrogen and oxygen atoms in total. The van der Waals surface area contributed by atoms with Gasteiger partial charge < -0.3 is 5.32 Å². The van der Waals surface area contributed by atoms with Crippen molar-refractivity contribution in [2.75, 3.05) is 18.4 Å². The average molecular weight is 512 g/mol. The molecule has 184 valence electrons. The van der Waals surface area contributed by atoms with Crippen LogP contribution in [0.2, 0.25) is 0 Å². The van der Waals surface area contributed by atoms with Crippen LogP contribution in [0.3, 0.4) is 0 Å².